The van der Waals surface area contributed by atoms with Crippen LogP contribution in [0.2, 0.25) is 0 Å². The number of halogens is 2. The lowest BCUT2D eigenvalue weighted by molar-refractivity contribution is 0.0923. The summed E-state index contributed by atoms with van der Waals surface area (Å²) in [5.41, 5.74) is 13.2. The van der Waals surface area contributed by atoms with Gasteiger partial charge in [0.25, 0.3) is 5.91 Å². The Balaban J connectivity index is 0.00000204. The number of aliphatic imine (C=N–C) groups is 1. The highest BCUT2D eigenvalue weighted by molar-refractivity contribution is 5.96. The molecule has 1 amide bonds. The number of guanidine groups is 1. The van der Waals surface area contributed by atoms with Crippen LogP contribution < -0.4 is 22.1 Å². The number of anilines is 1. The predicted octanol–water partition coefficient (Wildman–Crippen LogP) is 4.23. The van der Waals surface area contributed by atoms with E-state index in [0.29, 0.717) is 5.82 Å². The Morgan fingerprint density at radius 1 is 0.971 bits per heavy atom. The van der Waals surface area contributed by atoms with E-state index < -0.39 is 0 Å². The molecule has 0 bridgehead atoms. The van der Waals surface area contributed by atoms with E-state index in [2.05, 4.69) is 26.7 Å². The molecule has 2 aliphatic rings. The van der Waals surface area contributed by atoms with Crippen LogP contribution in [0.4, 0.5) is 5.82 Å². The number of aromatic nitrogens is 2. The third kappa shape index (κ3) is 7.09. The average molecular weight is 511 g/mol. The van der Waals surface area contributed by atoms with Crippen molar-refractivity contribution in [3.63, 3.8) is 0 Å². The molecule has 1 aromatic carbocycles. The van der Waals surface area contributed by atoms with Crippen molar-refractivity contribution in [1.29, 1.82) is 0 Å². The maximum Gasteiger partial charge on any atom is 0.289 e. The van der Waals surface area contributed by atoms with Gasteiger partial charge in [-0.15, -0.1) is 24.8 Å². The summed E-state index contributed by atoms with van der Waals surface area (Å²) in [6.45, 7) is 2.04. The molecular formula is C24H37Cl2N7O. The van der Waals surface area contributed by atoms with Gasteiger partial charge in [0.1, 0.15) is 5.82 Å². The molecule has 0 saturated heterocycles. The fraction of sp³-hybridized carbons (Fsp3) is 0.583. The second-order valence-corrected chi connectivity index (χ2v) is 9.23. The van der Waals surface area contributed by atoms with Crippen LogP contribution in [0.15, 0.2) is 23.2 Å². The second-order valence-electron chi connectivity index (χ2n) is 9.23. The van der Waals surface area contributed by atoms with Crippen molar-refractivity contribution in [2.24, 2.45) is 16.5 Å². The number of nitrogens with two attached hydrogens (primary N) is 2. The molecular weight excluding hydrogens is 473 g/mol. The van der Waals surface area contributed by atoms with Gasteiger partial charge >= 0.3 is 0 Å². The number of amides is 1. The average Bonchev–Trinajstić information content (AvgIpc) is 3.03. The molecule has 8 nitrogen and oxygen atoms in total. The number of nitrogens with zero attached hydrogens (tertiary/aromatic N) is 3. The number of aryl methyl sites for hydroxylation is 1. The lowest BCUT2D eigenvalue weighted by Crippen LogP contribution is -2.39. The Morgan fingerprint density at radius 2 is 1.65 bits per heavy atom. The normalized spacial score (nSPS) is 20.9. The smallest absolute Gasteiger partial charge is 0.289 e. The number of nitrogens with one attached hydrogen (secondary N) is 2. The van der Waals surface area contributed by atoms with Gasteiger partial charge < -0.3 is 22.1 Å². The number of rotatable bonds is 5. The zero-order chi connectivity index (χ0) is 22.5. The topological polar surface area (TPSA) is 131 Å². The van der Waals surface area contributed by atoms with Crippen molar-refractivity contribution in [2.75, 3.05) is 5.32 Å². The van der Waals surface area contributed by atoms with Crippen LogP contribution in [-0.2, 0) is 0 Å². The Bertz CT molecular complexity index is 989. The van der Waals surface area contributed by atoms with Crippen molar-refractivity contribution in [1.82, 2.24) is 15.3 Å². The van der Waals surface area contributed by atoms with Crippen molar-refractivity contribution < 1.29 is 4.79 Å². The minimum Gasteiger partial charge on any atom is -0.370 e. The SMILES string of the molecule is Cc1ccc2nc(C(=O)NC3CCCCCC3)nc(N[C@H]3CCCC[C@H]3N=C(N)N)c2c1.Cl.Cl. The molecule has 2 aromatic rings. The third-order valence-corrected chi connectivity index (χ3v) is 6.61. The number of hydrogen-bond acceptors (Lipinski definition) is 5. The van der Waals surface area contributed by atoms with Crippen LogP contribution in [0, 0.1) is 6.92 Å². The fourth-order valence-corrected chi connectivity index (χ4v) is 4.93. The Labute approximate surface area is 214 Å². The highest BCUT2D eigenvalue weighted by Crippen LogP contribution is 2.28. The molecule has 6 N–H and O–H groups in total. The summed E-state index contributed by atoms with van der Waals surface area (Å²) in [6, 6.07) is 6.27. The van der Waals surface area contributed by atoms with Gasteiger partial charge in [-0.25, -0.2) is 15.0 Å². The molecule has 4 rings (SSSR count). The molecule has 2 saturated carbocycles. The number of carbonyl (C=O) groups excluding carboxylic acids is 1. The zero-order valence-corrected chi connectivity index (χ0v) is 21.4. The van der Waals surface area contributed by atoms with Gasteiger partial charge in [0.15, 0.2) is 5.96 Å². The summed E-state index contributed by atoms with van der Waals surface area (Å²) in [7, 11) is 0. The molecule has 10 heteroatoms. The first-order valence-corrected chi connectivity index (χ1v) is 11.9. The summed E-state index contributed by atoms with van der Waals surface area (Å²) in [6.07, 6.45) is 10.9. The zero-order valence-electron chi connectivity index (χ0n) is 19.8. The summed E-state index contributed by atoms with van der Waals surface area (Å²) in [5, 5.41) is 7.64. The van der Waals surface area contributed by atoms with Crippen molar-refractivity contribution in [3.8, 4) is 0 Å². The monoisotopic (exact) mass is 509 g/mol. The van der Waals surface area contributed by atoms with Crippen molar-refractivity contribution >= 4 is 53.4 Å². The van der Waals surface area contributed by atoms with Crippen molar-refractivity contribution in [3.05, 3.63) is 29.6 Å². The molecule has 0 spiro atoms. The van der Waals surface area contributed by atoms with Crippen LogP contribution in [-0.4, -0.2) is 40.0 Å². The quantitative estimate of drug-likeness (QED) is 0.271. The number of benzene rings is 1. The first kappa shape index (κ1) is 27.9. The summed E-state index contributed by atoms with van der Waals surface area (Å²) in [4.78, 5) is 26.8. The molecule has 188 valence electrons. The highest BCUT2D eigenvalue weighted by Gasteiger charge is 2.27. The van der Waals surface area contributed by atoms with E-state index in [-0.39, 0.29) is 60.6 Å². The maximum absolute atomic E-state index is 13.1. The minimum atomic E-state index is -0.202. The second kappa shape index (κ2) is 13.0. The van der Waals surface area contributed by atoms with Crippen LogP contribution in [0.25, 0.3) is 10.9 Å². The van der Waals surface area contributed by atoms with Crippen molar-refractivity contribution in [2.45, 2.75) is 89.3 Å². The fourth-order valence-electron chi connectivity index (χ4n) is 4.93. The van der Waals surface area contributed by atoms with Gasteiger partial charge in [-0.1, -0.05) is 50.2 Å². The maximum atomic E-state index is 13.1. The van der Waals surface area contributed by atoms with E-state index >= 15 is 0 Å². The Kier molecular flexibility index (Phi) is 10.6. The molecule has 0 radical (unpaired) electrons. The number of fused-ring (bicyclic) bond motifs is 1. The summed E-state index contributed by atoms with van der Waals surface area (Å²) >= 11 is 0. The Morgan fingerprint density at radius 3 is 2.35 bits per heavy atom. The largest absolute Gasteiger partial charge is 0.370 e. The van der Waals surface area contributed by atoms with Crippen LogP contribution in [0.5, 0.6) is 0 Å². The van der Waals surface area contributed by atoms with Gasteiger partial charge in [-0.3, -0.25) is 4.79 Å². The van der Waals surface area contributed by atoms with E-state index in [4.69, 9.17) is 16.5 Å². The molecule has 34 heavy (non-hydrogen) atoms. The van der Waals surface area contributed by atoms with E-state index in [1.165, 1.54) is 12.8 Å². The van der Waals surface area contributed by atoms with Gasteiger partial charge in [-0.2, -0.15) is 0 Å². The first-order chi connectivity index (χ1) is 15.5. The summed E-state index contributed by atoms with van der Waals surface area (Å²) < 4.78 is 0. The van der Waals surface area contributed by atoms with Gasteiger partial charge in [0.05, 0.1) is 17.6 Å². The van der Waals surface area contributed by atoms with Crippen LogP contribution >= 0.6 is 24.8 Å². The van der Waals surface area contributed by atoms with Gasteiger partial charge in [0, 0.05) is 11.4 Å². The predicted molar refractivity (Wildman–Crippen MR) is 143 cm³/mol. The number of carbonyl (C=O) groups is 1. The van der Waals surface area contributed by atoms with E-state index in [9.17, 15) is 4.79 Å². The van der Waals surface area contributed by atoms with E-state index in [1.54, 1.807) is 0 Å². The number of hydrogen-bond donors (Lipinski definition) is 4. The molecule has 2 atom stereocenters. The molecule has 0 aliphatic heterocycles. The summed E-state index contributed by atoms with van der Waals surface area (Å²) in [5.74, 6) is 0.789. The molecule has 1 heterocycles. The minimum absolute atomic E-state index is 0. The highest BCUT2D eigenvalue weighted by atomic mass is 35.5. The third-order valence-electron chi connectivity index (χ3n) is 6.61. The molecule has 2 aliphatic carbocycles. The molecule has 2 fully saturated rings. The van der Waals surface area contributed by atoms with E-state index in [0.717, 1.165) is 67.8 Å². The van der Waals surface area contributed by atoms with Crippen LogP contribution in [0.3, 0.4) is 0 Å². The lowest BCUT2D eigenvalue weighted by atomic mass is 9.90. The van der Waals surface area contributed by atoms with Gasteiger partial charge in [-0.05, 0) is 44.7 Å². The first-order valence-electron chi connectivity index (χ1n) is 11.9. The van der Waals surface area contributed by atoms with Crippen LogP contribution in [0.1, 0.15) is 80.4 Å². The standard InChI is InChI=1S/C24H35N7O.2ClH/c1-15-12-13-18-17(14-15)21(29-19-10-6-7-11-20(19)30-24(25)26)31-22(28-18)23(32)27-16-8-4-2-3-5-9-16;;/h12-14,16,19-20H,2-11H2,1H3,(H,27,32)(H4,25,26,30)(H,28,29,31);2*1H/t19-,20+;;/m0../s1. The van der Waals surface area contributed by atoms with Gasteiger partial charge in [0.2, 0.25) is 5.82 Å². The lowest BCUT2D eigenvalue weighted by Gasteiger charge is -2.30. The molecule has 0 unspecified atom stereocenters. The molecule has 1 aromatic heterocycles. The Hall–Kier alpha value is -2.32. The van der Waals surface area contributed by atoms with E-state index in [1.807, 2.05) is 19.1 Å².